The van der Waals surface area contributed by atoms with Crippen LogP contribution in [-0.4, -0.2) is 19.2 Å². The lowest BCUT2D eigenvalue weighted by atomic mass is 10.0. The van der Waals surface area contributed by atoms with Crippen molar-refractivity contribution in [1.82, 2.24) is 0 Å². The summed E-state index contributed by atoms with van der Waals surface area (Å²) in [5, 5.41) is 8.71. The summed E-state index contributed by atoms with van der Waals surface area (Å²) in [5.74, 6) is -0.0879. The highest BCUT2D eigenvalue weighted by Gasteiger charge is 2.12. The van der Waals surface area contributed by atoms with E-state index in [4.69, 9.17) is 4.84 Å². The van der Waals surface area contributed by atoms with E-state index in [2.05, 4.69) is 10.5 Å². The average Bonchev–Trinajstić information content (AvgIpc) is 3.07. The molecule has 1 N–H and O–H groups in total. The van der Waals surface area contributed by atoms with Crippen LogP contribution in [0.1, 0.15) is 20.8 Å². The molecule has 25 heavy (non-hydrogen) atoms. The molecule has 3 rings (SSSR count). The number of hydrogen-bond acceptors (Lipinski definition) is 4. The summed E-state index contributed by atoms with van der Waals surface area (Å²) in [6, 6.07) is 17.5. The van der Waals surface area contributed by atoms with E-state index in [1.165, 1.54) is 7.11 Å². The minimum Gasteiger partial charge on any atom is -0.399 e. The first-order valence-electron chi connectivity index (χ1n) is 7.80. The van der Waals surface area contributed by atoms with E-state index >= 15 is 0 Å². The Hall–Kier alpha value is -2.92. The fourth-order valence-electron chi connectivity index (χ4n) is 2.52. The van der Waals surface area contributed by atoms with Gasteiger partial charge in [-0.25, -0.2) is 0 Å². The van der Waals surface area contributed by atoms with E-state index in [1.807, 2.05) is 66.9 Å². The molecule has 0 aliphatic carbocycles. The number of anilines is 1. The van der Waals surface area contributed by atoms with E-state index in [0.717, 1.165) is 27.3 Å². The van der Waals surface area contributed by atoms with Gasteiger partial charge >= 0.3 is 0 Å². The topological polar surface area (TPSA) is 50.7 Å². The van der Waals surface area contributed by atoms with Crippen molar-refractivity contribution in [2.75, 3.05) is 12.4 Å². The van der Waals surface area contributed by atoms with Gasteiger partial charge in [-0.3, -0.25) is 4.79 Å². The molecule has 0 atom stereocenters. The summed E-state index contributed by atoms with van der Waals surface area (Å²) in [4.78, 5) is 18.2. The first kappa shape index (κ1) is 16.9. The molecule has 0 bridgehead atoms. The molecular weight excluding hydrogens is 332 g/mol. The van der Waals surface area contributed by atoms with Gasteiger partial charge in [-0.1, -0.05) is 47.6 Å². The molecule has 0 saturated heterocycles. The Bertz CT molecular complexity index is 898. The zero-order valence-corrected chi connectivity index (χ0v) is 14.8. The van der Waals surface area contributed by atoms with Gasteiger partial charge in [0, 0.05) is 16.1 Å². The highest BCUT2D eigenvalue weighted by atomic mass is 32.1. The van der Waals surface area contributed by atoms with Gasteiger partial charge in [-0.05, 0) is 35.6 Å². The standard InChI is InChI=1S/C20H18N2O2S/c1-14-17(11-12-25-14)20(23)22-19-6-4-3-5-18(19)16-9-7-15(8-10-16)13-21-24-2/h3-13H,1-2H3,(H,22,23). The third kappa shape index (κ3) is 3.95. The van der Waals surface area contributed by atoms with E-state index in [9.17, 15) is 4.79 Å². The SMILES string of the molecule is CON=Cc1ccc(-c2ccccc2NC(=O)c2ccsc2C)cc1. The van der Waals surface area contributed by atoms with Crippen molar-refractivity contribution in [2.24, 2.45) is 5.16 Å². The first-order valence-corrected chi connectivity index (χ1v) is 8.68. The van der Waals surface area contributed by atoms with Gasteiger partial charge < -0.3 is 10.2 Å². The maximum atomic E-state index is 12.5. The fourth-order valence-corrected chi connectivity index (χ4v) is 3.21. The summed E-state index contributed by atoms with van der Waals surface area (Å²) >= 11 is 1.57. The van der Waals surface area contributed by atoms with Gasteiger partial charge in [0.25, 0.3) is 5.91 Å². The van der Waals surface area contributed by atoms with Gasteiger partial charge in [0.15, 0.2) is 0 Å². The van der Waals surface area contributed by atoms with Gasteiger partial charge in [-0.2, -0.15) is 0 Å². The molecule has 4 nitrogen and oxygen atoms in total. The number of nitrogens with zero attached hydrogens (tertiary/aromatic N) is 1. The number of para-hydroxylation sites is 1. The molecule has 1 amide bonds. The largest absolute Gasteiger partial charge is 0.399 e. The lowest BCUT2D eigenvalue weighted by molar-refractivity contribution is 0.102. The number of carbonyl (C=O) groups is 1. The normalized spacial score (nSPS) is 10.8. The second-order valence-corrected chi connectivity index (χ2v) is 6.55. The molecule has 0 radical (unpaired) electrons. The second kappa shape index (κ2) is 7.77. The van der Waals surface area contributed by atoms with Crippen LogP contribution in [0.2, 0.25) is 0 Å². The van der Waals surface area contributed by atoms with Crippen molar-refractivity contribution in [3.8, 4) is 11.1 Å². The molecule has 0 aliphatic heterocycles. The van der Waals surface area contributed by atoms with E-state index < -0.39 is 0 Å². The van der Waals surface area contributed by atoms with E-state index in [0.29, 0.717) is 5.56 Å². The summed E-state index contributed by atoms with van der Waals surface area (Å²) in [5.41, 5.74) is 4.44. The predicted octanol–water partition coefficient (Wildman–Crippen LogP) is 4.96. The summed E-state index contributed by atoms with van der Waals surface area (Å²) in [7, 11) is 1.51. The number of aryl methyl sites for hydroxylation is 1. The monoisotopic (exact) mass is 350 g/mol. The van der Waals surface area contributed by atoms with Crippen molar-refractivity contribution >= 4 is 29.1 Å². The van der Waals surface area contributed by atoms with Crippen molar-refractivity contribution in [3.63, 3.8) is 0 Å². The number of benzene rings is 2. The molecule has 126 valence electrons. The molecule has 0 aliphatic rings. The Balaban J connectivity index is 1.87. The molecule has 1 aromatic heterocycles. The van der Waals surface area contributed by atoms with Crippen LogP contribution < -0.4 is 5.32 Å². The molecule has 1 heterocycles. The highest BCUT2D eigenvalue weighted by molar-refractivity contribution is 7.10. The second-order valence-electron chi connectivity index (χ2n) is 5.43. The van der Waals surface area contributed by atoms with Crippen LogP contribution in [0, 0.1) is 6.92 Å². The minimum absolute atomic E-state index is 0.0879. The summed E-state index contributed by atoms with van der Waals surface area (Å²) in [6.45, 7) is 1.95. The number of nitrogens with one attached hydrogen (secondary N) is 1. The lowest BCUT2D eigenvalue weighted by Crippen LogP contribution is -2.12. The Labute approximate surface area is 150 Å². The third-order valence-electron chi connectivity index (χ3n) is 3.81. The molecule has 0 fully saturated rings. The first-order chi connectivity index (χ1) is 12.2. The number of oxime groups is 1. The van der Waals surface area contributed by atoms with E-state index in [-0.39, 0.29) is 5.91 Å². The molecule has 0 spiro atoms. The number of thiophene rings is 1. The van der Waals surface area contributed by atoms with Crippen molar-refractivity contribution < 1.29 is 9.63 Å². The van der Waals surface area contributed by atoms with Gasteiger partial charge in [0.1, 0.15) is 7.11 Å². The predicted molar refractivity (Wildman–Crippen MR) is 103 cm³/mol. The zero-order chi connectivity index (χ0) is 17.6. The molecule has 5 heteroatoms. The van der Waals surface area contributed by atoms with Crippen LogP contribution in [0.25, 0.3) is 11.1 Å². The molecule has 2 aromatic carbocycles. The van der Waals surface area contributed by atoms with Crippen LogP contribution in [0.5, 0.6) is 0 Å². The summed E-state index contributed by atoms with van der Waals surface area (Å²) in [6.07, 6.45) is 1.65. The zero-order valence-electron chi connectivity index (χ0n) is 14.0. The van der Waals surface area contributed by atoms with Crippen LogP contribution >= 0.6 is 11.3 Å². The lowest BCUT2D eigenvalue weighted by Gasteiger charge is -2.11. The number of rotatable bonds is 5. The third-order valence-corrected chi connectivity index (χ3v) is 4.65. The highest BCUT2D eigenvalue weighted by Crippen LogP contribution is 2.29. The van der Waals surface area contributed by atoms with Crippen LogP contribution in [0.15, 0.2) is 65.1 Å². The van der Waals surface area contributed by atoms with Gasteiger partial charge in [0.05, 0.1) is 11.8 Å². The van der Waals surface area contributed by atoms with Gasteiger partial charge in [-0.15, -0.1) is 11.3 Å². The maximum absolute atomic E-state index is 12.5. The van der Waals surface area contributed by atoms with Crippen molar-refractivity contribution in [3.05, 3.63) is 76.0 Å². The average molecular weight is 350 g/mol. The van der Waals surface area contributed by atoms with Crippen LogP contribution in [0.3, 0.4) is 0 Å². The quantitative estimate of drug-likeness (QED) is 0.522. The van der Waals surface area contributed by atoms with Crippen molar-refractivity contribution in [1.29, 1.82) is 0 Å². The van der Waals surface area contributed by atoms with Crippen LogP contribution in [0.4, 0.5) is 5.69 Å². The fraction of sp³-hybridized carbons (Fsp3) is 0.100. The van der Waals surface area contributed by atoms with E-state index in [1.54, 1.807) is 17.6 Å². The molecular formula is C20H18N2O2S. The van der Waals surface area contributed by atoms with Crippen molar-refractivity contribution in [2.45, 2.75) is 6.92 Å². The minimum atomic E-state index is -0.0879. The molecule has 0 unspecified atom stereocenters. The molecule has 0 saturated carbocycles. The summed E-state index contributed by atoms with van der Waals surface area (Å²) < 4.78 is 0. The number of carbonyl (C=O) groups excluding carboxylic acids is 1. The van der Waals surface area contributed by atoms with Gasteiger partial charge in [0.2, 0.25) is 0 Å². The maximum Gasteiger partial charge on any atom is 0.256 e. The number of amides is 1. The number of hydrogen-bond donors (Lipinski definition) is 1. The Morgan fingerprint density at radius 1 is 1.12 bits per heavy atom. The Morgan fingerprint density at radius 2 is 1.88 bits per heavy atom. The Kier molecular flexibility index (Phi) is 5.26. The Morgan fingerprint density at radius 3 is 2.56 bits per heavy atom. The molecule has 3 aromatic rings. The van der Waals surface area contributed by atoms with Crippen LogP contribution in [-0.2, 0) is 4.84 Å². The smallest absolute Gasteiger partial charge is 0.256 e.